The molecule has 0 saturated carbocycles. The highest BCUT2D eigenvalue weighted by atomic mass is 16.2. The van der Waals surface area contributed by atoms with Gasteiger partial charge in [0.1, 0.15) is 0 Å². The summed E-state index contributed by atoms with van der Waals surface area (Å²) >= 11 is 0. The summed E-state index contributed by atoms with van der Waals surface area (Å²) < 4.78 is 4.18. The molecule has 1 aliphatic rings. The van der Waals surface area contributed by atoms with Crippen LogP contribution in [0.25, 0.3) is 0 Å². The van der Waals surface area contributed by atoms with Crippen molar-refractivity contribution in [2.24, 2.45) is 0 Å². The topological polar surface area (TPSA) is 43.1 Å². The van der Waals surface area contributed by atoms with Crippen molar-refractivity contribution in [3.05, 3.63) is 41.5 Å². The third-order valence-corrected chi connectivity index (χ3v) is 5.26. The lowest BCUT2D eigenvalue weighted by Gasteiger charge is -2.36. The summed E-state index contributed by atoms with van der Waals surface area (Å²) in [7, 11) is 0. The summed E-state index contributed by atoms with van der Waals surface area (Å²) in [5.41, 5.74) is 3.14. The molecule has 1 amide bonds. The van der Waals surface area contributed by atoms with Gasteiger partial charge in [0.15, 0.2) is 0 Å². The first-order valence-corrected chi connectivity index (χ1v) is 9.07. The Hall–Kier alpha value is -2.04. The molecule has 0 spiro atoms. The number of rotatable bonds is 5. The Kier molecular flexibility index (Phi) is 5.07. The van der Waals surface area contributed by atoms with E-state index in [0.29, 0.717) is 6.04 Å². The van der Waals surface area contributed by atoms with Crippen molar-refractivity contribution in [1.29, 1.82) is 0 Å². The second kappa shape index (κ2) is 7.24. The van der Waals surface area contributed by atoms with Gasteiger partial charge in [0.05, 0.1) is 5.56 Å². The van der Waals surface area contributed by atoms with E-state index in [2.05, 4.69) is 41.4 Å². The molecule has 5 nitrogen and oxygen atoms in total. The van der Waals surface area contributed by atoms with Crippen molar-refractivity contribution < 1.29 is 4.79 Å². The standard InChI is InChI=1S/C19H28N4O/c1-4-22-15(2)14-18(16(22)3)19(24)23-12-6-5-8-17(23)9-13-21-11-7-10-20-21/h7,10-11,14,17H,4-6,8-9,12-13H2,1-3H3. The number of aromatic nitrogens is 3. The zero-order chi connectivity index (χ0) is 17.1. The van der Waals surface area contributed by atoms with Crippen LogP contribution < -0.4 is 0 Å². The van der Waals surface area contributed by atoms with Gasteiger partial charge in [-0.2, -0.15) is 5.10 Å². The van der Waals surface area contributed by atoms with Crippen LogP contribution in [-0.4, -0.2) is 37.7 Å². The van der Waals surface area contributed by atoms with Crippen LogP contribution in [0.1, 0.15) is 54.4 Å². The summed E-state index contributed by atoms with van der Waals surface area (Å²) in [6.07, 6.45) is 8.19. The number of piperidine rings is 1. The van der Waals surface area contributed by atoms with Crippen LogP contribution in [0, 0.1) is 13.8 Å². The highest BCUT2D eigenvalue weighted by Crippen LogP contribution is 2.25. The van der Waals surface area contributed by atoms with Crippen molar-refractivity contribution in [3.8, 4) is 0 Å². The first-order valence-electron chi connectivity index (χ1n) is 9.07. The highest BCUT2D eigenvalue weighted by Gasteiger charge is 2.29. The minimum Gasteiger partial charge on any atom is -0.349 e. The molecule has 1 unspecified atom stereocenters. The summed E-state index contributed by atoms with van der Waals surface area (Å²) in [5.74, 6) is 0.202. The molecule has 5 heteroatoms. The van der Waals surface area contributed by atoms with Crippen molar-refractivity contribution >= 4 is 5.91 Å². The van der Waals surface area contributed by atoms with Crippen molar-refractivity contribution in [1.82, 2.24) is 19.2 Å². The van der Waals surface area contributed by atoms with Gasteiger partial charge in [-0.05, 0) is 58.6 Å². The molecule has 0 aliphatic carbocycles. The van der Waals surface area contributed by atoms with Gasteiger partial charge in [-0.25, -0.2) is 0 Å². The number of carbonyl (C=O) groups is 1. The average Bonchev–Trinajstić information content (AvgIpc) is 3.20. The second-order valence-corrected chi connectivity index (χ2v) is 6.74. The SMILES string of the molecule is CCn1c(C)cc(C(=O)N2CCCCC2CCn2cccn2)c1C. The van der Waals surface area contributed by atoms with Crippen LogP contribution in [0.5, 0.6) is 0 Å². The van der Waals surface area contributed by atoms with Crippen LogP contribution in [0.15, 0.2) is 24.5 Å². The smallest absolute Gasteiger partial charge is 0.255 e. The number of nitrogens with zero attached hydrogens (tertiary/aromatic N) is 4. The van der Waals surface area contributed by atoms with Crippen molar-refractivity contribution in [3.63, 3.8) is 0 Å². The first-order chi connectivity index (χ1) is 11.6. The minimum absolute atomic E-state index is 0.202. The Morgan fingerprint density at radius 2 is 2.17 bits per heavy atom. The van der Waals surface area contributed by atoms with Gasteiger partial charge in [-0.15, -0.1) is 0 Å². The highest BCUT2D eigenvalue weighted by molar-refractivity contribution is 5.96. The Morgan fingerprint density at radius 1 is 1.33 bits per heavy atom. The summed E-state index contributed by atoms with van der Waals surface area (Å²) in [5, 5.41) is 4.28. The molecule has 130 valence electrons. The lowest BCUT2D eigenvalue weighted by Crippen LogP contribution is -2.44. The van der Waals surface area contributed by atoms with Crippen LogP contribution in [0.2, 0.25) is 0 Å². The molecule has 1 saturated heterocycles. The zero-order valence-corrected chi connectivity index (χ0v) is 15.0. The largest absolute Gasteiger partial charge is 0.349 e. The molecule has 0 bridgehead atoms. The second-order valence-electron chi connectivity index (χ2n) is 6.74. The van der Waals surface area contributed by atoms with Crippen LogP contribution in [0.4, 0.5) is 0 Å². The number of aryl methyl sites for hydroxylation is 2. The molecule has 1 aliphatic heterocycles. The number of hydrogen-bond acceptors (Lipinski definition) is 2. The van der Waals surface area contributed by atoms with Crippen LogP contribution >= 0.6 is 0 Å². The molecule has 1 fully saturated rings. The summed E-state index contributed by atoms with van der Waals surface area (Å²) in [6, 6.07) is 4.32. The fraction of sp³-hybridized carbons (Fsp3) is 0.579. The van der Waals surface area contributed by atoms with E-state index in [0.717, 1.165) is 50.2 Å². The predicted octanol–water partition coefficient (Wildman–Crippen LogP) is 3.41. The van der Waals surface area contributed by atoms with E-state index in [-0.39, 0.29) is 5.91 Å². The quantitative estimate of drug-likeness (QED) is 0.844. The predicted molar refractivity (Wildman–Crippen MR) is 95.1 cm³/mol. The Morgan fingerprint density at radius 3 is 2.83 bits per heavy atom. The van der Waals surface area contributed by atoms with E-state index < -0.39 is 0 Å². The van der Waals surface area contributed by atoms with Gasteiger partial charge in [0.2, 0.25) is 0 Å². The molecule has 0 radical (unpaired) electrons. The maximum atomic E-state index is 13.2. The van der Waals surface area contributed by atoms with Crippen LogP contribution in [0.3, 0.4) is 0 Å². The normalized spacial score (nSPS) is 18.1. The maximum Gasteiger partial charge on any atom is 0.255 e. The first kappa shape index (κ1) is 16.8. The van der Waals surface area contributed by atoms with Gasteiger partial charge < -0.3 is 9.47 Å². The summed E-state index contributed by atoms with van der Waals surface area (Å²) in [4.78, 5) is 15.3. The molecule has 2 aromatic rings. The fourth-order valence-electron chi connectivity index (χ4n) is 3.94. The maximum absolute atomic E-state index is 13.2. The van der Waals surface area contributed by atoms with Crippen LogP contribution in [-0.2, 0) is 13.1 Å². The molecular formula is C19H28N4O. The van der Waals surface area contributed by atoms with E-state index in [1.165, 1.54) is 12.1 Å². The van der Waals surface area contributed by atoms with Gasteiger partial charge in [0, 0.05) is 49.5 Å². The Balaban J connectivity index is 1.76. The molecule has 3 heterocycles. The molecule has 2 aromatic heterocycles. The Labute approximate surface area is 144 Å². The zero-order valence-electron chi connectivity index (χ0n) is 15.0. The monoisotopic (exact) mass is 328 g/mol. The lowest BCUT2D eigenvalue weighted by atomic mass is 9.98. The van der Waals surface area contributed by atoms with Crippen molar-refractivity contribution in [2.75, 3.05) is 6.54 Å². The molecular weight excluding hydrogens is 300 g/mol. The molecule has 0 aromatic carbocycles. The number of likely N-dealkylation sites (tertiary alicyclic amines) is 1. The minimum atomic E-state index is 0.202. The molecule has 3 rings (SSSR count). The van der Waals surface area contributed by atoms with E-state index in [1.54, 1.807) is 0 Å². The molecule has 24 heavy (non-hydrogen) atoms. The van der Waals surface area contributed by atoms with Crippen molar-refractivity contribution in [2.45, 2.75) is 65.6 Å². The van der Waals surface area contributed by atoms with E-state index in [4.69, 9.17) is 0 Å². The van der Waals surface area contributed by atoms with E-state index >= 15 is 0 Å². The third kappa shape index (κ3) is 3.25. The van der Waals surface area contributed by atoms with E-state index in [1.807, 2.05) is 23.1 Å². The van der Waals surface area contributed by atoms with Gasteiger partial charge in [0.25, 0.3) is 5.91 Å². The van der Waals surface area contributed by atoms with Gasteiger partial charge >= 0.3 is 0 Å². The fourth-order valence-corrected chi connectivity index (χ4v) is 3.94. The van der Waals surface area contributed by atoms with Gasteiger partial charge in [-0.1, -0.05) is 0 Å². The molecule has 1 atom stereocenters. The average molecular weight is 328 g/mol. The number of carbonyl (C=O) groups excluding carboxylic acids is 1. The Bertz CT molecular complexity index is 687. The van der Waals surface area contributed by atoms with Gasteiger partial charge in [-0.3, -0.25) is 9.48 Å². The number of amides is 1. The van der Waals surface area contributed by atoms with E-state index in [9.17, 15) is 4.79 Å². The summed E-state index contributed by atoms with van der Waals surface area (Å²) in [6.45, 7) is 8.93. The third-order valence-electron chi connectivity index (χ3n) is 5.26. The number of hydrogen-bond donors (Lipinski definition) is 0. The molecule has 0 N–H and O–H groups in total. The lowest BCUT2D eigenvalue weighted by molar-refractivity contribution is 0.0593.